The molecular weight excluding hydrogens is 220 g/mol. The van der Waals surface area contributed by atoms with Gasteiger partial charge >= 0.3 is 0 Å². The van der Waals surface area contributed by atoms with Crippen LogP contribution in [0.4, 0.5) is 0 Å². The molecule has 2 fully saturated rings. The third-order valence-corrected chi connectivity index (χ3v) is 3.96. The van der Waals surface area contributed by atoms with Crippen LogP contribution in [0.15, 0.2) is 0 Å². The third-order valence-electron chi connectivity index (χ3n) is 3.96. The van der Waals surface area contributed by atoms with E-state index in [0.717, 1.165) is 0 Å². The molecule has 17 heavy (non-hydrogen) atoms. The number of likely N-dealkylation sites (tertiary alicyclic amines) is 1. The summed E-state index contributed by atoms with van der Waals surface area (Å²) in [6.07, 6.45) is 1.56. The highest BCUT2D eigenvalue weighted by atomic mass is 16.5. The van der Waals surface area contributed by atoms with Crippen LogP contribution in [0.2, 0.25) is 0 Å². The van der Waals surface area contributed by atoms with Crippen molar-refractivity contribution in [2.24, 2.45) is 11.7 Å². The maximum atomic E-state index is 12.4. The number of nitrogens with zero attached hydrogens (tertiary/aromatic N) is 1. The molecule has 0 aromatic heterocycles. The molecule has 0 aliphatic carbocycles. The van der Waals surface area contributed by atoms with E-state index in [4.69, 9.17) is 10.5 Å². The van der Waals surface area contributed by atoms with Crippen LogP contribution in [0, 0.1) is 5.92 Å². The first-order chi connectivity index (χ1) is 8.03. The highest BCUT2D eigenvalue weighted by molar-refractivity contribution is 5.86. The van der Waals surface area contributed by atoms with Crippen molar-refractivity contribution >= 4 is 5.91 Å². The maximum Gasteiger partial charge on any atom is 0.242 e. The smallest absolute Gasteiger partial charge is 0.242 e. The van der Waals surface area contributed by atoms with E-state index >= 15 is 0 Å². The van der Waals surface area contributed by atoms with Gasteiger partial charge in [-0.25, -0.2) is 0 Å². The van der Waals surface area contributed by atoms with Gasteiger partial charge in [-0.15, -0.1) is 0 Å². The molecule has 5 nitrogen and oxygen atoms in total. The van der Waals surface area contributed by atoms with Gasteiger partial charge in [0.05, 0.1) is 11.6 Å². The Morgan fingerprint density at radius 3 is 2.71 bits per heavy atom. The number of ether oxygens (including phenoxy) is 1. The Hall–Kier alpha value is -0.650. The van der Waals surface area contributed by atoms with Gasteiger partial charge in [0, 0.05) is 26.3 Å². The molecule has 2 heterocycles. The van der Waals surface area contributed by atoms with Gasteiger partial charge in [0.15, 0.2) is 0 Å². The molecule has 0 bridgehead atoms. The first-order valence-electron chi connectivity index (χ1n) is 6.37. The summed E-state index contributed by atoms with van der Waals surface area (Å²) in [5.74, 6) is 0.163. The summed E-state index contributed by atoms with van der Waals surface area (Å²) in [5, 5.41) is 9.66. The number of amides is 1. The van der Waals surface area contributed by atoms with Gasteiger partial charge in [-0.3, -0.25) is 4.79 Å². The van der Waals surface area contributed by atoms with E-state index in [9.17, 15) is 9.90 Å². The van der Waals surface area contributed by atoms with Crippen LogP contribution in [-0.4, -0.2) is 53.9 Å². The number of piperidine rings is 1. The predicted molar refractivity (Wildman–Crippen MR) is 63.3 cm³/mol. The molecule has 2 saturated heterocycles. The third kappa shape index (κ3) is 2.61. The minimum absolute atomic E-state index is 0.0274. The summed E-state index contributed by atoms with van der Waals surface area (Å²) < 4.78 is 5.25. The molecular formula is C12H22N2O3. The number of carbonyl (C=O) groups is 1. The quantitative estimate of drug-likeness (QED) is 0.663. The molecule has 98 valence electrons. The average molecular weight is 242 g/mol. The Balaban J connectivity index is 1.99. The van der Waals surface area contributed by atoms with Crippen molar-refractivity contribution < 1.29 is 14.6 Å². The number of carbonyl (C=O) groups excluding carboxylic acids is 1. The second-order valence-corrected chi connectivity index (χ2v) is 5.35. The Bertz CT molecular complexity index is 289. The fraction of sp³-hybridized carbons (Fsp3) is 0.917. The zero-order valence-electron chi connectivity index (χ0n) is 10.4. The molecule has 0 aromatic carbocycles. The van der Waals surface area contributed by atoms with Gasteiger partial charge in [0.1, 0.15) is 0 Å². The molecule has 0 aromatic rings. The first-order valence-corrected chi connectivity index (χ1v) is 6.37. The maximum absolute atomic E-state index is 12.4. The molecule has 0 spiro atoms. The summed E-state index contributed by atoms with van der Waals surface area (Å²) in [4.78, 5) is 14.2. The summed E-state index contributed by atoms with van der Waals surface area (Å²) in [7, 11) is 0. The van der Waals surface area contributed by atoms with E-state index in [0.29, 0.717) is 45.6 Å². The van der Waals surface area contributed by atoms with Gasteiger partial charge in [0.25, 0.3) is 0 Å². The zero-order valence-corrected chi connectivity index (χ0v) is 10.4. The Morgan fingerprint density at radius 1 is 1.47 bits per heavy atom. The van der Waals surface area contributed by atoms with Crippen LogP contribution in [0.3, 0.4) is 0 Å². The second kappa shape index (κ2) is 4.92. The SMILES string of the molecule is CC1CN(C(=O)C2(N)CCOCC2)CCC1O. The van der Waals surface area contributed by atoms with Crippen molar-refractivity contribution in [1.82, 2.24) is 4.90 Å². The van der Waals surface area contributed by atoms with Gasteiger partial charge in [0.2, 0.25) is 5.91 Å². The van der Waals surface area contributed by atoms with E-state index in [1.54, 1.807) is 0 Å². The van der Waals surface area contributed by atoms with Gasteiger partial charge < -0.3 is 20.5 Å². The van der Waals surface area contributed by atoms with E-state index < -0.39 is 5.54 Å². The number of nitrogens with two attached hydrogens (primary N) is 1. The lowest BCUT2D eigenvalue weighted by molar-refractivity contribution is -0.144. The summed E-state index contributed by atoms with van der Waals surface area (Å²) in [5.41, 5.74) is 5.43. The van der Waals surface area contributed by atoms with E-state index in [1.807, 2.05) is 11.8 Å². The lowest BCUT2D eigenvalue weighted by atomic mass is 9.87. The molecule has 0 saturated carbocycles. The minimum Gasteiger partial charge on any atom is -0.393 e. The number of aliphatic hydroxyl groups excluding tert-OH is 1. The molecule has 2 atom stereocenters. The van der Waals surface area contributed by atoms with Gasteiger partial charge in [-0.05, 0) is 25.2 Å². The normalized spacial score (nSPS) is 33.5. The first kappa shape index (κ1) is 12.8. The molecule has 2 unspecified atom stereocenters. The molecule has 2 rings (SSSR count). The fourth-order valence-electron chi connectivity index (χ4n) is 2.58. The summed E-state index contributed by atoms with van der Waals surface area (Å²) in [6, 6.07) is 0. The van der Waals surface area contributed by atoms with Crippen molar-refractivity contribution in [1.29, 1.82) is 0 Å². The number of hydrogen-bond acceptors (Lipinski definition) is 4. The van der Waals surface area contributed by atoms with Gasteiger partial charge in [-0.2, -0.15) is 0 Å². The number of aliphatic hydroxyl groups is 1. The monoisotopic (exact) mass is 242 g/mol. The fourth-order valence-corrected chi connectivity index (χ4v) is 2.58. The van der Waals surface area contributed by atoms with E-state index in [-0.39, 0.29) is 17.9 Å². The Kier molecular flexibility index (Phi) is 3.70. The summed E-state index contributed by atoms with van der Waals surface area (Å²) >= 11 is 0. The highest BCUT2D eigenvalue weighted by Gasteiger charge is 2.40. The van der Waals surface area contributed by atoms with Crippen LogP contribution in [0.5, 0.6) is 0 Å². The van der Waals surface area contributed by atoms with Gasteiger partial charge in [-0.1, -0.05) is 6.92 Å². The highest BCUT2D eigenvalue weighted by Crippen LogP contribution is 2.24. The van der Waals surface area contributed by atoms with Crippen LogP contribution in [0.25, 0.3) is 0 Å². The van der Waals surface area contributed by atoms with Crippen molar-refractivity contribution in [3.8, 4) is 0 Å². The standard InChI is InChI=1S/C12H22N2O3/c1-9-8-14(5-2-10(9)15)11(16)12(13)3-6-17-7-4-12/h9-10,15H,2-8,13H2,1H3. The van der Waals surface area contributed by atoms with Crippen molar-refractivity contribution in [3.05, 3.63) is 0 Å². The van der Waals surface area contributed by atoms with Crippen molar-refractivity contribution in [2.45, 2.75) is 37.8 Å². The molecule has 1 amide bonds. The number of rotatable bonds is 1. The lowest BCUT2D eigenvalue weighted by Gasteiger charge is -2.41. The second-order valence-electron chi connectivity index (χ2n) is 5.35. The molecule has 3 N–H and O–H groups in total. The zero-order chi connectivity index (χ0) is 12.5. The average Bonchev–Trinajstić information content (AvgIpc) is 2.33. The number of hydrogen-bond donors (Lipinski definition) is 2. The van der Waals surface area contributed by atoms with E-state index in [1.165, 1.54) is 0 Å². The Morgan fingerprint density at radius 2 is 2.12 bits per heavy atom. The largest absolute Gasteiger partial charge is 0.393 e. The lowest BCUT2D eigenvalue weighted by Crippen LogP contribution is -2.60. The summed E-state index contributed by atoms with van der Waals surface area (Å²) in [6.45, 7) is 4.32. The molecule has 5 heteroatoms. The van der Waals surface area contributed by atoms with Crippen LogP contribution >= 0.6 is 0 Å². The Labute approximate surface area is 102 Å². The minimum atomic E-state index is -0.750. The predicted octanol–water partition coefficient (Wildman–Crippen LogP) is -0.276. The van der Waals surface area contributed by atoms with Crippen molar-refractivity contribution in [2.75, 3.05) is 26.3 Å². The van der Waals surface area contributed by atoms with Crippen molar-refractivity contribution in [3.63, 3.8) is 0 Å². The van der Waals surface area contributed by atoms with Crippen LogP contribution in [-0.2, 0) is 9.53 Å². The van der Waals surface area contributed by atoms with E-state index in [2.05, 4.69) is 0 Å². The molecule has 2 aliphatic heterocycles. The topological polar surface area (TPSA) is 75.8 Å². The molecule has 0 radical (unpaired) electrons. The van der Waals surface area contributed by atoms with Crippen LogP contribution < -0.4 is 5.73 Å². The molecule has 2 aliphatic rings. The van der Waals surface area contributed by atoms with Crippen LogP contribution in [0.1, 0.15) is 26.2 Å².